The maximum Gasteiger partial charge on any atom is -0.0286 e. The molecule has 0 fully saturated rings. The lowest BCUT2D eigenvalue weighted by molar-refractivity contribution is 0.868. The van der Waals surface area contributed by atoms with Crippen molar-refractivity contribution in [2.75, 3.05) is 0 Å². The summed E-state index contributed by atoms with van der Waals surface area (Å²) in [7, 11) is 0. The molecule has 84 valence electrons. The standard InChI is InChI=1S/C15H24/c1-13-7-4-5-8-14(2)11-12-15(3)10-6-9-13/h7-8,10H,4-6,9,11-12H2,1-3H3/b13-7-,14-8-,15-10-. The summed E-state index contributed by atoms with van der Waals surface area (Å²) in [4.78, 5) is 0. The van der Waals surface area contributed by atoms with Crippen LogP contribution in [0.1, 0.15) is 59.3 Å². The van der Waals surface area contributed by atoms with Crippen LogP contribution in [0.3, 0.4) is 0 Å². The molecular formula is C15H24. The summed E-state index contributed by atoms with van der Waals surface area (Å²) in [5.74, 6) is 0. The fourth-order valence-electron chi connectivity index (χ4n) is 1.91. The minimum absolute atomic E-state index is 1.21. The first-order valence-electron chi connectivity index (χ1n) is 6.15. The molecule has 0 aliphatic heterocycles. The molecule has 0 bridgehead atoms. The summed E-state index contributed by atoms with van der Waals surface area (Å²) < 4.78 is 0. The molecule has 1 rings (SSSR count). The van der Waals surface area contributed by atoms with Crippen LogP contribution in [-0.4, -0.2) is 0 Å². The molecular weight excluding hydrogens is 180 g/mol. The van der Waals surface area contributed by atoms with E-state index in [1.807, 2.05) is 0 Å². The molecule has 0 spiro atoms. The predicted molar refractivity (Wildman–Crippen MR) is 69.0 cm³/mol. The highest BCUT2D eigenvalue weighted by atomic mass is 14.0. The first-order valence-corrected chi connectivity index (χ1v) is 6.15. The number of hydrogen-bond acceptors (Lipinski definition) is 0. The molecule has 0 heteroatoms. The second kappa shape index (κ2) is 6.66. The molecule has 0 nitrogen and oxygen atoms in total. The van der Waals surface area contributed by atoms with Crippen LogP contribution in [0, 0.1) is 0 Å². The van der Waals surface area contributed by atoms with E-state index in [0.717, 1.165) is 0 Å². The zero-order valence-electron chi connectivity index (χ0n) is 10.5. The van der Waals surface area contributed by atoms with E-state index < -0.39 is 0 Å². The molecule has 1 aliphatic carbocycles. The topological polar surface area (TPSA) is 0 Å². The highest BCUT2D eigenvalue weighted by Crippen LogP contribution is 2.16. The Morgan fingerprint density at radius 2 is 1.00 bits per heavy atom. The molecule has 0 saturated carbocycles. The Labute approximate surface area is 94.8 Å². The lowest BCUT2D eigenvalue weighted by atomic mass is 10.0. The van der Waals surface area contributed by atoms with Crippen molar-refractivity contribution in [3.05, 3.63) is 34.9 Å². The third kappa shape index (κ3) is 5.61. The van der Waals surface area contributed by atoms with E-state index in [2.05, 4.69) is 39.0 Å². The normalized spacial score (nSPS) is 31.0. The predicted octanol–water partition coefficient (Wildman–Crippen LogP) is 5.18. The van der Waals surface area contributed by atoms with Crippen molar-refractivity contribution in [2.45, 2.75) is 59.3 Å². The Kier molecular flexibility index (Phi) is 5.45. The summed E-state index contributed by atoms with van der Waals surface area (Å²) in [6.07, 6.45) is 14.6. The van der Waals surface area contributed by atoms with Crippen LogP contribution in [0.5, 0.6) is 0 Å². The van der Waals surface area contributed by atoms with E-state index in [9.17, 15) is 0 Å². The van der Waals surface area contributed by atoms with Crippen LogP contribution in [0.25, 0.3) is 0 Å². The average molecular weight is 204 g/mol. The van der Waals surface area contributed by atoms with Gasteiger partial charge in [0.05, 0.1) is 0 Å². The van der Waals surface area contributed by atoms with Gasteiger partial charge in [-0.3, -0.25) is 0 Å². The van der Waals surface area contributed by atoms with Crippen molar-refractivity contribution in [1.82, 2.24) is 0 Å². The zero-order valence-corrected chi connectivity index (χ0v) is 10.5. The monoisotopic (exact) mass is 204 g/mol. The number of allylic oxidation sites excluding steroid dienone is 6. The third-order valence-corrected chi connectivity index (χ3v) is 3.10. The Morgan fingerprint density at radius 1 is 0.600 bits per heavy atom. The Morgan fingerprint density at radius 3 is 1.53 bits per heavy atom. The minimum Gasteiger partial charge on any atom is -0.0853 e. The van der Waals surface area contributed by atoms with Gasteiger partial charge < -0.3 is 0 Å². The first-order chi connectivity index (χ1) is 7.18. The van der Waals surface area contributed by atoms with Crippen molar-refractivity contribution in [1.29, 1.82) is 0 Å². The largest absolute Gasteiger partial charge is 0.0853 e. The highest BCUT2D eigenvalue weighted by Gasteiger charge is 1.96. The molecule has 0 amide bonds. The fraction of sp³-hybridized carbons (Fsp3) is 0.600. The third-order valence-electron chi connectivity index (χ3n) is 3.10. The quantitative estimate of drug-likeness (QED) is 0.477. The molecule has 0 aromatic heterocycles. The fourth-order valence-corrected chi connectivity index (χ4v) is 1.91. The van der Waals surface area contributed by atoms with Crippen molar-refractivity contribution < 1.29 is 0 Å². The van der Waals surface area contributed by atoms with Crippen molar-refractivity contribution in [3.63, 3.8) is 0 Å². The molecule has 0 atom stereocenters. The Balaban J connectivity index is 2.62. The van der Waals surface area contributed by atoms with Crippen LogP contribution in [0.2, 0.25) is 0 Å². The van der Waals surface area contributed by atoms with Gasteiger partial charge in [0.1, 0.15) is 0 Å². The van der Waals surface area contributed by atoms with E-state index in [-0.39, 0.29) is 0 Å². The lowest BCUT2D eigenvalue weighted by Crippen LogP contribution is -1.85. The average Bonchev–Trinajstić information content (AvgIpc) is 2.20. The van der Waals surface area contributed by atoms with E-state index in [1.54, 1.807) is 16.7 Å². The van der Waals surface area contributed by atoms with E-state index in [1.165, 1.54) is 38.5 Å². The van der Waals surface area contributed by atoms with Gasteiger partial charge in [0.15, 0.2) is 0 Å². The number of rotatable bonds is 0. The second-order valence-electron chi connectivity index (χ2n) is 4.77. The van der Waals surface area contributed by atoms with Crippen LogP contribution in [0.4, 0.5) is 0 Å². The molecule has 0 heterocycles. The van der Waals surface area contributed by atoms with Gasteiger partial charge in [0.2, 0.25) is 0 Å². The van der Waals surface area contributed by atoms with Crippen LogP contribution >= 0.6 is 0 Å². The summed E-state index contributed by atoms with van der Waals surface area (Å²) >= 11 is 0. The lowest BCUT2D eigenvalue weighted by Gasteiger charge is -2.05. The van der Waals surface area contributed by atoms with Gasteiger partial charge in [-0.25, -0.2) is 0 Å². The Bertz CT molecular complexity index is 276. The van der Waals surface area contributed by atoms with Crippen molar-refractivity contribution in [3.8, 4) is 0 Å². The van der Waals surface area contributed by atoms with Crippen molar-refractivity contribution in [2.24, 2.45) is 0 Å². The van der Waals surface area contributed by atoms with E-state index in [0.29, 0.717) is 0 Å². The minimum atomic E-state index is 1.21. The maximum absolute atomic E-state index is 2.41. The van der Waals surface area contributed by atoms with Gasteiger partial charge in [-0.05, 0) is 59.3 Å². The summed E-state index contributed by atoms with van der Waals surface area (Å²) in [5, 5.41) is 0. The van der Waals surface area contributed by atoms with Gasteiger partial charge in [-0.15, -0.1) is 0 Å². The van der Waals surface area contributed by atoms with Gasteiger partial charge in [-0.1, -0.05) is 34.9 Å². The molecule has 0 radical (unpaired) electrons. The Hall–Kier alpha value is -0.780. The second-order valence-corrected chi connectivity index (χ2v) is 4.77. The number of hydrogen-bond donors (Lipinski definition) is 0. The van der Waals surface area contributed by atoms with Gasteiger partial charge >= 0.3 is 0 Å². The van der Waals surface area contributed by atoms with Gasteiger partial charge in [-0.2, -0.15) is 0 Å². The summed E-state index contributed by atoms with van der Waals surface area (Å²) in [6, 6.07) is 0. The van der Waals surface area contributed by atoms with Crippen molar-refractivity contribution >= 4 is 0 Å². The van der Waals surface area contributed by atoms with Crippen LogP contribution in [0.15, 0.2) is 34.9 Å². The molecule has 0 unspecified atom stereocenters. The highest BCUT2D eigenvalue weighted by molar-refractivity contribution is 5.09. The summed E-state index contributed by atoms with van der Waals surface area (Å²) in [5.41, 5.74) is 4.65. The molecule has 1 aliphatic rings. The van der Waals surface area contributed by atoms with E-state index in [4.69, 9.17) is 0 Å². The molecule has 0 N–H and O–H groups in total. The smallest absolute Gasteiger partial charge is 0.0286 e. The zero-order chi connectivity index (χ0) is 11.1. The van der Waals surface area contributed by atoms with Gasteiger partial charge in [0.25, 0.3) is 0 Å². The maximum atomic E-state index is 2.41. The van der Waals surface area contributed by atoms with E-state index >= 15 is 0 Å². The van der Waals surface area contributed by atoms with Crippen LogP contribution < -0.4 is 0 Å². The molecule has 0 aromatic carbocycles. The van der Waals surface area contributed by atoms with Crippen LogP contribution in [-0.2, 0) is 0 Å². The van der Waals surface area contributed by atoms with Gasteiger partial charge in [0, 0.05) is 0 Å². The summed E-state index contributed by atoms with van der Waals surface area (Å²) in [6.45, 7) is 6.78. The molecule has 15 heavy (non-hydrogen) atoms. The molecule has 0 aromatic rings. The molecule has 0 saturated heterocycles. The first kappa shape index (κ1) is 12.3. The SMILES string of the molecule is C/C1=C/CC/C=C(/C)CC/C(C)=C\CC1.